The van der Waals surface area contributed by atoms with Crippen molar-refractivity contribution in [3.63, 3.8) is 0 Å². The minimum atomic E-state index is 0.0438. The van der Waals surface area contributed by atoms with Crippen LogP contribution in [0.2, 0.25) is 0 Å². The molecule has 0 N–H and O–H groups in total. The zero-order valence-corrected chi connectivity index (χ0v) is 13.1. The van der Waals surface area contributed by atoms with Gasteiger partial charge in [0, 0.05) is 36.1 Å². The largest absolute Gasteiger partial charge is 0.344 e. The van der Waals surface area contributed by atoms with Gasteiger partial charge < -0.3 is 4.90 Å². The van der Waals surface area contributed by atoms with Crippen LogP contribution in [0.5, 0.6) is 0 Å². The Kier molecular flexibility index (Phi) is 3.47. The summed E-state index contributed by atoms with van der Waals surface area (Å²) in [6.45, 7) is 2.09. The Labute approximate surface area is 127 Å². The highest BCUT2D eigenvalue weighted by Gasteiger charge is 2.14. The van der Waals surface area contributed by atoms with E-state index in [2.05, 4.69) is 24.0 Å². The molecule has 3 nitrogen and oxygen atoms in total. The van der Waals surface area contributed by atoms with Gasteiger partial charge in [0.1, 0.15) is 0 Å². The van der Waals surface area contributed by atoms with Gasteiger partial charge in [-0.3, -0.25) is 9.78 Å². The number of hydrogen-bond acceptors (Lipinski definition) is 3. The topological polar surface area (TPSA) is 33.2 Å². The second kappa shape index (κ2) is 5.30. The van der Waals surface area contributed by atoms with Crippen LogP contribution in [0.25, 0.3) is 21.3 Å². The smallest absolute Gasteiger partial charge is 0.263 e. The van der Waals surface area contributed by atoms with E-state index in [0.29, 0.717) is 0 Å². The highest BCUT2D eigenvalue weighted by Crippen LogP contribution is 2.35. The summed E-state index contributed by atoms with van der Waals surface area (Å²) in [7, 11) is 3.55. The van der Waals surface area contributed by atoms with E-state index in [1.54, 1.807) is 25.2 Å². The van der Waals surface area contributed by atoms with Gasteiger partial charge >= 0.3 is 0 Å². The number of pyridine rings is 1. The summed E-state index contributed by atoms with van der Waals surface area (Å²) in [6.07, 6.45) is 1.80. The van der Waals surface area contributed by atoms with Gasteiger partial charge in [0.25, 0.3) is 5.91 Å². The molecule has 2 aromatic heterocycles. The van der Waals surface area contributed by atoms with E-state index in [-0.39, 0.29) is 5.91 Å². The monoisotopic (exact) mass is 296 g/mol. The number of amides is 1. The van der Waals surface area contributed by atoms with Crippen LogP contribution >= 0.6 is 11.3 Å². The van der Waals surface area contributed by atoms with Crippen LogP contribution in [0.1, 0.15) is 15.2 Å². The predicted molar refractivity (Wildman–Crippen MR) is 87.8 cm³/mol. The standard InChI is InChI=1S/C17H16N2OS/c1-11-6-7-13-12(5-4-10-18-13)16(11)14-8-9-15(21-14)17(20)19(2)3/h4-10H,1-3H3. The molecule has 1 aromatic carbocycles. The molecule has 1 amide bonds. The van der Waals surface area contributed by atoms with Crippen molar-refractivity contribution in [2.24, 2.45) is 0 Å². The lowest BCUT2D eigenvalue weighted by Crippen LogP contribution is -2.20. The lowest BCUT2D eigenvalue weighted by atomic mass is 10.0. The first-order valence-corrected chi connectivity index (χ1v) is 7.56. The molecule has 0 radical (unpaired) electrons. The van der Waals surface area contributed by atoms with E-state index in [0.717, 1.165) is 20.7 Å². The number of thiophene rings is 1. The summed E-state index contributed by atoms with van der Waals surface area (Å²) in [5.74, 6) is 0.0438. The summed E-state index contributed by atoms with van der Waals surface area (Å²) in [5, 5.41) is 1.13. The molecule has 0 aliphatic heterocycles. The van der Waals surface area contributed by atoms with Crippen molar-refractivity contribution in [3.05, 3.63) is 53.0 Å². The second-order valence-electron chi connectivity index (χ2n) is 5.19. The normalized spacial score (nSPS) is 10.8. The van der Waals surface area contributed by atoms with Gasteiger partial charge in [-0.1, -0.05) is 12.1 Å². The SMILES string of the molecule is Cc1ccc2ncccc2c1-c1ccc(C(=O)N(C)C)s1. The minimum absolute atomic E-state index is 0.0438. The zero-order chi connectivity index (χ0) is 15.0. The summed E-state index contributed by atoms with van der Waals surface area (Å²) in [4.78, 5) is 19.9. The molecule has 4 heteroatoms. The Hall–Kier alpha value is -2.20. The highest BCUT2D eigenvalue weighted by molar-refractivity contribution is 7.17. The summed E-state index contributed by atoms with van der Waals surface area (Å²) in [6, 6.07) is 12.1. The summed E-state index contributed by atoms with van der Waals surface area (Å²) in [5.41, 5.74) is 3.34. The average Bonchev–Trinajstić information content (AvgIpc) is 2.95. The van der Waals surface area contributed by atoms with E-state index >= 15 is 0 Å². The van der Waals surface area contributed by atoms with Crippen LogP contribution in [0.15, 0.2) is 42.6 Å². The van der Waals surface area contributed by atoms with E-state index in [4.69, 9.17) is 0 Å². The van der Waals surface area contributed by atoms with Gasteiger partial charge in [0.05, 0.1) is 10.4 Å². The molecule has 0 saturated heterocycles. The quantitative estimate of drug-likeness (QED) is 0.717. The zero-order valence-electron chi connectivity index (χ0n) is 12.3. The van der Waals surface area contributed by atoms with Crippen molar-refractivity contribution < 1.29 is 4.79 Å². The summed E-state index contributed by atoms with van der Waals surface area (Å²) >= 11 is 1.53. The molecule has 0 bridgehead atoms. The third-order valence-electron chi connectivity index (χ3n) is 3.46. The number of carbonyl (C=O) groups is 1. The van der Waals surface area contributed by atoms with Gasteiger partial charge in [0.2, 0.25) is 0 Å². The van der Waals surface area contributed by atoms with Crippen LogP contribution < -0.4 is 0 Å². The molecule has 2 heterocycles. The number of hydrogen-bond donors (Lipinski definition) is 0. The van der Waals surface area contributed by atoms with Gasteiger partial charge in [-0.25, -0.2) is 0 Å². The third-order valence-corrected chi connectivity index (χ3v) is 4.55. The Bertz CT molecular complexity index is 821. The molecule has 0 aliphatic rings. The Morgan fingerprint density at radius 2 is 1.95 bits per heavy atom. The Balaban J connectivity index is 2.17. The fourth-order valence-electron chi connectivity index (χ4n) is 2.40. The number of aryl methyl sites for hydroxylation is 1. The first-order valence-electron chi connectivity index (χ1n) is 6.74. The molecule has 0 fully saturated rings. The number of fused-ring (bicyclic) bond motifs is 1. The second-order valence-corrected chi connectivity index (χ2v) is 6.27. The number of aromatic nitrogens is 1. The van der Waals surface area contributed by atoms with Crippen molar-refractivity contribution in [1.29, 1.82) is 0 Å². The van der Waals surface area contributed by atoms with E-state index in [1.165, 1.54) is 22.5 Å². The van der Waals surface area contributed by atoms with E-state index in [9.17, 15) is 4.79 Å². The highest BCUT2D eigenvalue weighted by atomic mass is 32.1. The van der Waals surface area contributed by atoms with Crippen LogP contribution in [-0.4, -0.2) is 29.9 Å². The maximum Gasteiger partial charge on any atom is 0.263 e. The van der Waals surface area contributed by atoms with Crippen molar-refractivity contribution in [2.75, 3.05) is 14.1 Å². The Morgan fingerprint density at radius 1 is 1.14 bits per heavy atom. The van der Waals surface area contributed by atoms with Crippen molar-refractivity contribution in [1.82, 2.24) is 9.88 Å². The molecule has 0 aliphatic carbocycles. The first-order chi connectivity index (χ1) is 10.1. The van der Waals surface area contributed by atoms with Crippen LogP contribution in [-0.2, 0) is 0 Å². The molecule has 0 unspecified atom stereocenters. The van der Waals surface area contributed by atoms with E-state index in [1.807, 2.05) is 24.3 Å². The molecule has 0 saturated carbocycles. The molecule has 0 atom stereocenters. The number of rotatable bonds is 2. The van der Waals surface area contributed by atoms with Gasteiger partial charge in [-0.2, -0.15) is 0 Å². The average molecular weight is 296 g/mol. The molecular weight excluding hydrogens is 280 g/mol. The number of benzene rings is 1. The van der Waals surface area contributed by atoms with Gasteiger partial charge in [0.15, 0.2) is 0 Å². The maximum atomic E-state index is 12.1. The van der Waals surface area contributed by atoms with Crippen LogP contribution in [0, 0.1) is 6.92 Å². The van der Waals surface area contributed by atoms with Gasteiger partial charge in [-0.15, -0.1) is 11.3 Å². The molecule has 3 aromatic rings. The summed E-state index contributed by atoms with van der Waals surface area (Å²) < 4.78 is 0. The lowest BCUT2D eigenvalue weighted by Gasteiger charge is -2.09. The van der Waals surface area contributed by atoms with Gasteiger partial charge in [-0.05, 0) is 36.8 Å². The number of carbonyl (C=O) groups excluding carboxylic acids is 1. The fraction of sp³-hybridized carbons (Fsp3) is 0.176. The van der Waals surface area contributed by atoms with E-state index < -0.39 is 0 Å². The first kappa shape index (κ1) is 13.8. The predicted octanol–water partition coefficient (Wildman–Crippen LogP) is 3.97. The van der Waals surface area contributed by atoms with Crippen LogP contribution in [0.4, 0.5) is 0 Å². The fourth-order valence-corrected chi connectivity index (χ4v) is 3.55. The molecular formula is C17H16N2OS. The minimum Gasteiger partial charge on any atom is -0.344 e. The van der Waals surface area contributed by atoms with Crippen molar-refractivity contribution in [2.45, 2.75) is 6.92 Å². The number of nitrogens with zero attached hydrogens (tertiary/aromatic N) is 2. The molecule has 3 rings (SSSR count). The molecule has 0 spiro atoms. The molecule has 106 valence electrons. The Morgan fingerprint density at radius 3 is 2.71 bits per heavy atom. The third kappa shape index (κ3) is 2.43. The lowest BCUT2D eigenvalue weighted by molar-refractivity contribution is 0.0832. The van der Waals surface area contributed by atoms with Crippen molar-refractivity contribution >= 4 is 28.1 Å². The maximum absolute atomic E-state index is 12.1. The van der Waals surface area contributed by atoms with Crippen LogP contribution in [0.3, 0.4) is 0 Å². The van der Waals surface area contributed by atoms with Crippen molar-refractivity contribution in [3.8, 4) is 10.4 Å². The molecule has 21 heavy (non-hydrogen) atoms.